The van der Waals surface area contributed by atoms with Gasteiger partial charge in [-0.05, 0) is 45.7 Å². The summed E-state index contributed by atoms with van der Waals surface area (Å²) in [4.78, 5) is 11.0. The minimum absolute atomic E-state index is 0.511. The van der Waals surface area contributed by atoms with Crippen molar-refractivity contribution in [3.05, 3.63) is 48.6 Å². The minimum atomic E-state index is 0.511. The molecule has 148 valence electrons. The molecular weight excluding hydrogens is 352 g/mol. The molecule has 0 spiro atoms. The number of piperidine rings is 1. The fraction of sp³-hybridized carbons (Fsp3) is 0.600. The highest BCUT2D eigenvalue weighted by atomic mass is 15.3. The van der Waals surface area contributed by atoms with Gasteiger partial charge in [-0.25, -0.2) is 9.97 Å². The molecule has 0 aromatic carbocycles. The third-order valence-corrected chi connectivity index (χ3v) is 6.07. The van der Waals surface area contributed by atoms with Crippen molar-refractivity contribution in [3.8, 4) is 0 Å². The predicted molar refractivity (Wildman–Crippen MR) is 105 cm³/mol. The lowest BCUT2D eigenvalue weighted by atomic mass is 9.95. The topological polar surface area (TPSA) is 69.6 Å². The van der Waals surface area contributed by atoms with E-state index in [0.29, 0.717) is 12.0 Å². The summed E-state index contributed by atoms with van der Waals surface area (Å²) >= 11 is 0. The van der Waals surface area contributed by atoms with E-state index in [1.165, 1.54) is 24.4 Å². The fourth-order valence-corrected chi connectivity index (χ4v) is 4.34. The van der Waals surface area contributed by atoms with E-state index >= 15 is 0 Å². The van der Waals surface area contributed by atoms with Crippen molar-refractivity contribution in [3.63, 3.8) is 0 Å². The Morgan fingerprint density at radius 3 is 2.57 bits per heavy atom. The molecule has 4 heterocycles. The summed E-state index contributed by atoms with van der Waals surface area (Å²) < 4.78 is 6.75. The second kappa shape index (κ2) is 7.50. The zero-order valence-corrected chi connectivity index (χ0v) is 16.5. The summed E-state index contributed by atoms with van der Waals surface area (Å²) in [7, 11) is 0. The largest absolute Gasteiger partial charge is 0.334 e. The molecule has 0 N–H and O–H groups in total. The Kier molecular flexibility index (Phi) is 4.72. The third kappa shape index (κ3) is 3.48. The molecule has 28 heavy (non-hydrogen) atoms. The van der Waals surface area contributed by atoms with Crippen molar-refractivity contribution >= 4 is 0 Å². The molecule has 5 rings (SSSR count). The lowest BCUT2D eigenvalue weighted by Gasteiger charge is -2.31. The molecular formula is C20H28N8. The van der Waals surface area contributed by atoms with E-state index in [9.17, 15) is 0 Å². The molecule has 8 heteroatoms. The predicted octanol–water partition coefficient (Wildman–Crippen LogP) is 2.45. The quantitative estimate of drug-likeness (QED) is 0.630. The lowest BCUT2D eigenvalue weighted by Crippen LogP contribution is -2.34. The van der Waals surface area contributed by atoms with Crippen molar-refractivity contribution in [1.29, 1.82) is 0 Å². The van der Waals surface area contributed by atoms with Crippen LogP contribution in [0.15, 0.2) is 31.2 Å². The number of rotatable bonds is 7. The van der Waals surface area contributed by atoms with Crippen LogP contribution < -0.4 is 0 Å². The first-order chi connectivity index (χ1) is 13.8. The molecule has 1 saturated heterocycles. The molecule has 0 bridgehead atoms. The Hall–Kier alpha value is -2.48. The maximum absolute atomic E-state index is 4.66. The zero-order valence-electron chi connectivity index (χ0n) is 16.5. The Morgan fingerprint density at radius 1 is 1.00 bits per heavy atom. The van der Waals surface area contributed by atoms with Crippen molar-refractivity contribution in [2.45, 2.75) is 64.2 Å². The summed E-state index contributed by atoms with van der Waals surface area (Å²) in [6, 6.07) is 0.598. The van der Waals surface area contributed by atoms with Crippen LogP contribution in [0.1, 0.15) is 61.9 Å². The van der Waals surface area contributed by atoms with Crippen LogP contribution in [0.4, 0.5) is 0 Å². The number of hydrogen-bond acceptors (Lipinski definition) is 5. The van der Waals surface area contributed by atoms with Crippen LogP contribution in [-0.2, 0) is 19.6 Å². The first-order valence-corrected chi connectivity index (χ1v) is 10.4. The highest BCUT2D eigenvalue weighted by Crippen LogP contribution is 2.40. The number of aryl methyl sites for hydroxylation is 1. The van der Waals surface area contributed by atoms with E-state index in [0.717, 1.165) is 51.4 Å². The molecule has 0 unspecified atom stereocenters. The van der Waals surface area contributed by atoms with Crippen LogP contribution in [0.5, 0.6) is 0 Å². The normalized spacial score (nSPS) is 18.8. The molecule has 8 nitrogen and oxygen atoms in total. The highest BCUT2D eigenvalue weighted by Gasteiger charge is 2.33. The first-order valence-electron chi connectivity index (χ1n) is 10.4. The molecule has 3 aromatic rings. The standard InChI is InChI=1S/C20H28N8/c1-2-27-15-22-11-18(27)12-25-8-5-16(6-9-25)20-24-23-19(28(20)17-3-4-17)13-26-10-7-21-14-26/h7,10-11,14-17H,2-6,8-9,12-13H2,1H3. The van der Waals surface area contributed by atoms with E-state index in [1.807, 2.05) is 31.2 Å². The zero-order chi connectivity index (χ0) is 18.9. The van der Waals surface area contributed by atoms with Gasteiger partial charge in [0.05, 0.1) is 24.9 Å². The second-order valence-corrected chi connectivity index (χ2v) is 8.03. The van der Waals surface area contributed by atoms with E-state index in [-0.39, 0.29) is 0 Å². The molecule has 3 aromatic heterocycles. The number of hydrogen-bond donors (Lipinski definition) is 0. The molecule has 1 aliphatic carbocycles. The van der Waals surface area contributed by atoms with Gasteiger partial charge in [-0.2, -0.15) is 0 Å². The second-order valence-electron chi connectivity index (χ2n) is 8.03. The third-order valence-electron chi connectivity index (χ3n) is 6.07. The monoisotopic (exact) mass is 380 g/mol. The number of likely N-dealkylation sites (tertiary alicyclic amines) is 1. The van der Waals surface area contributed by atoms with E-state index < -0.39 is 0 Å². The summed E-state index contributed by atoms with van der Waals surface area (Å²) in [6.45, 7) is 7.10. The maximum Gasteiger partial charge on any atom is 0.153 e. The molecule has 2 fully saturated rings. The van der Waals surface area contributed by atoms with Crippen molar-refractivity contribution in [1.82, 2.24) is 38.8 Å². The Bertz CT molecular complexity index is 897. The average molecular weight is 381 g/mol. The molecule has 0 atom stereocenters. The molecule has 2 aliphatic rings. The molecule has 0 radical (unpaired) electrons. The average Bonchev–Trinajstić information content (AvgIpc) is 3.11. The van der Waals surface area contributed by atoms with Crippen LogP contribution >= 0.6 is 0 Å². The lowest BCUT2D eigenvalue weighted by molar-refractivity contribution is 0.195. The molecule has 1 saturated carbocycles. The van der Waals surface area contributed by atoms with Gasteiger partial charge < -0.3 is 13.7 Å². The number of imidazole rings is 2. The van der Waals surface area contributed by atoms with Gasteiger partial charge in [-0.1, -0.05) is 0 Å². The van der Waals surface area contributed by atoms with Crippen LogP contribution in [0.2, 0.25) is 0 Å². The number of aromatic nitrogens is 7. The fourth-order valence-electron chi connectivity index (χ4n) is 4.34. The molecule has 0 amide bonds. The van der Waals surface area contributed by atoms with E-state index in [2.05, 4.69) is 45.7 Å². The Labute approximate surface area is 165 Å². The first kappa shape index (κ1) is 17.6. The smallest absolute Gasteiger partial charge is 0.153 e. The summed E-state index contributed by atoms with van der Waals surface area (Å²) in [5, 5.41) is 9.23. The van der Waals surface area contributed by atoms with Crippen LogP contribution in [0, 0.1) is 0 Å². The number of nitrogens with zero attached hydrogens (tertiary/aromatic N) is 8. The van der Waals surface area contributed by atoms with Crippen molar-refractivity contribution in [2.75, 3.05) is 13.1 Å². The van der Waals surface area contributed by atoms with Gasteiger partial charge in [0.15, 0.2) is 5.82 Å². The van der Waals surface area contributed by atoms with Gasteiger partial charge >= 0.3 is 0 Å². The van der Waals surface area contributed by atoms with Gasteiger partial charge in [0.1, 0.15) is 5.82 Å². The Morgan fingerprint density at radius 2 is 1.86 bits per heavy atom. The van der Waals surface area contributed by atoms with Gasteiger partial charge in [0, 0.05) is 43.6 Å². The Balaban J connectivity index is 1.27. The highest BCUT2D eigenvalue weighted by molar-refractivity contribution is 5.09. The van der Waals surface area contributed by atoms with Gasteiger partial charge in [-0.3, -0.25) is 4.90 Å². The molecule has 1 aliphatic heterocycles. The van der Waals surface area contributed by atoms with Crippen molar-refractivity contribution in [2.24, 2.45) is 0 Å². The maximum atomic E-state index is 4.66. The van der Waals surface area contributed by atoms with Gasteiger partial charge in [-0.15, -0.1) is 10.2 Å². The van der Waals surface area contributed by atoms with Gasteiger partial charge in [0.25, 0.3) is 0 Å². The summed E-state index contributed by atoms with van der Waals surface area (Å²) in [5.74, 6) is 2.79. The van der Waals surface area contributed by atoms with Crippen molar-refractivity contribution < 1.29 is 0 Å². The van der Waals surface area contributed by atoms with Gasteiger partial charge in [0.2, 0.25) is 0 Å². The minimum Gasteiger partial charge on any atom is -0.334 e. The van der Waals surface area contributed by atoms with Crippen LogP contribution in [-0.4, -0.2) is 51.9 Å². The van der Waals surface area contributed by atoms with Crippen LogP contribution in [0.25, 0.3) is 0 Å². The summed E-state index contributed by atoms with van der Waals surface area (Å²) in [5.41, 5.74) is 1.31. The summed E-state index contributed by atoms with van der Waals surface area (Å²) in [6.07, 6.45) is 14.4. The SMILES string of the molecule is CCn1cncc1CN1CCC(c2nnc(Cn3ccnc3)n2C2CC2)CC1. The van der Waals surface area contributed by atoms with E-state index in [1.54, 1.807) is 0 Å². The van der Waals surface area contributed by atoms with Crippen LogP contribution in [0.3, 0.4) is 0 Å². The van der Waals surface area contributed by atoms with E-state index in [4.69, 9.17) is 0 Å².